The summed E-state index contributed by atoms with van der Waals surface area (Å²) in [4.78, 5) is 11.7. The van der Waals surface area contributed by atoms with Crippen LogP contribution in [0.2, 0.25) is 0 Å². The minimum atomic E-state index is -0.229. The zero-order chi connectivity index (χ0) is 14.9. The third kappa shape index (κ3) is 5.06. The molecule has 0 radical (unpaired) electrons. The second kappa shape index (κ2) is 8.24. The van der Waals surface area contributed by atoms with Gasteiger partial charge in [-0.05, 0) is 29.3 Å². The van der Waals surface area contributed by atoms with Crippen molar-refractivity contribution in [2.24, 2.45) is 0 Å². The molecular formula is C16H20N2O3. The number of anilines is 1. The maximum absolute atomic E-state index is 11.7. The van der Waals surface area contributed by atoms with Gasteiger partial charge in [-0.1, -0.05) is 30.3 Å². The van der Waals surface area contributed by atoms with E-state index in [-0.39, 0.29) is 12.6 Å². The fraction of sp³-hybridized carbons (Fsp3) is 0.312. The molecule has 0 spiro atoms. The SMILES string of the molecule is O=C(NCCCOCCO)Nc1ccc2ccccc2c1. The van der Waals surface area contributed by atoms with Gasteiger partial charge in [0, 0.05) is 18.8 Å². The molecule has 2 aromatic carbocycles. The number of fused-ring (bicyclic) bond motifs is 1. The average Bonchev–Trinajstić information content (AvgIpc) is 2.50. The summed E-state index contributed by atoms with van der Waals surface area (Å²) in [7, 11) is 0. The highest BCUT2D eigenvalue weighted by Crippen LogP contribution is 2.18. The molecule has 0 saturated heterocycles. The maximum Gasteiger partial charge on any atom is 0.319 e. The van der Waals surface area contributed by atoms with E-state index in [1.807, 2.05) is 42.5 Å². The van der Waals surface area contributed by atoms with Crippen LogP contribution in [0.4, 0.5) is 10.5 Å². The van der Waals surface area contributed by atoms with Crippen LogP contribution < -0.4 is 10.6 Å². The number of benzene rings is 2. The van der Waals surface area contributed by atoms with Gasteiger partial charge in [-0.2, -0.15) is 0 Å². The number of amides is 2. The number of ether oxygens (including phenoxy) is 1. The molecule has 2 rings (SSSR count). The van der Waals surface area contributed by atoms with Crippen molar-refractivity contribution in [3.63, 3.8) is 0 Å². The molecule has 0 saturated carbocycles. The highest BCUT2D eigenvalue weighted by molar-refractivity contribution is 5.93. The van der Waals surface area contributed by atoms with Crippen molar-refractivity contribution in [2.75, 3.05) is 31.7 Å². The van der Waals surface area contributed by atoms with Crippen molar-refractivity contribution in [1.29, 1.82) is 0 Å². The van der Waals surface area contributed by atoms with Crippen molar-refractivity contribution in [3.05, 3.63) is 42.5 Å². The lowest BCUT2D eigenvalue weighted by Gasteiger charge is -2.08. The van der Waals surface area contributed by atoms with Crippen LogP contribution >= 0.6 is 0 Å². The number of nitrogens with one attached hydrogen (secondary N) is 2. The summed E-state index contributed by atoms with van der Waals surface area (Å²) in [5.74, 6) is 0. The van der Waals surface area contributed by atoms with Gasteiger partial charge < -0.3 is 20.5 Å². The molecule has 0 aliphatic carbocycles. The summed E-state index contributed by atoms with van der Waals surface area (Å²) in [6, 6.07) is 13.6. The van der Waals surface area contributed by atoms with Gasteiger partial charge in [0.2, 0.25) is 0 Å². The van der Waals surface area contributed by atoms with Crippen molar-refractivity contribution >= 4 is 22.5 Å². The molecule has 0 aliphatic heterocycles. The lowest BCUT2D eigenvalue weighted by atomic mass is 10.1. The summed E-state index contributed by atoms with van der Waals surface area (Å²) in [6.45, 7) is 1.42. The molecule has 0 unspecified atom stereocenters. The molecular weight excluding hydrogens is 268 g/mol. The Bertz CT molecular complexity index is 586. The van der Waals surface area contributed by atoms with E-state index in [0.29, 0.717) is 26.2 Å². The molecule has 2 amide bonds. The Morgan fingerprint density at radius 3 is 2.71 bits per heavy atom. The number of rotatable bonds is 7. The van der Waals surface area contributed by atoms with Crippen molar-refractivity contribution in [3.8, 4) is 0 Å². The number of urea groups is 1. The first-order valence-electron chi connectivity index (χ1n) is 7.02. The quantitative estimate of drug-likeness (QED) is 0.685. The first kappa shape index (κ1) is 15.3. The van der Waals surface area contributed by atoms with Gasteiger partial charge in [0.25, 0.3) is 0 Å². The van der Waals surface area contributed by atoms with Crippen LogP contribution in [0.1, 0.15) is 6.42 Å². The Balaban J connectivity index is 1.76. The van der Waals surface area contributed by atoms with Crippen LogP contribution in [-0.4, -0.2) is 37.5 Å². The zero-order valence-electron chi connectivity index (χ0n) is 11.8. The van der Waals surface area contributed by atoms with E-state index < -0.39 is 0 Å². The molecule has 0 aliphatic rings. The van der Waals surface area contributed by atoms with Gasteiger partial charge in [0.15, 0.2) is 0 Å². The number of aliphatic hydroxyl groups is 1. The number of hydrogen-bond acceptors (Lipinski definition) is 3. The Morgan fingerprint density at radius 2 is 1.90 bits per heavy atom. The Morgan fingerprint density at radius 1 is 1.10 bits per heavy atom. The van der Waals surface area contributed by atoms with E-state index in [9.17, 15) is 4.79 Å². The molecule has 0 fully saturated rings. The third-order valence-electron chi connectivity index (χ3n) is 2.99. The number of hydrogen-bond donors (Lipinski definition) is 3. The van der Waals surface area contributed by atoms with E-state index in [0.717, 1.165) is 16.5 Å². The van der Waals surface area contributed by atoms with Gasteiger partial charge >= 0.3 is 6.03 Å². The molecule has 0 atom stereocenters. The molecule has 5 heteroatoms. The van der Waals surface area contributed by atoms with E-state index in [1.165, 1.54) is 0 Å². The minimum absolute atomic E-state index is 0.0237. The predicted octanol–water partition coefficient (Wildman–Crippen LogP) is 2.36. The highest BCUT2D eigenvalue weighted by atomic mass is 16.5. The summed E-state index contributed by atoms with van der Waals surface area (Å²) in [5, 5.41) is 16.3. The van der Waals surface area contributed by atoms with E-state index >= 15 is 0 Å². The second-order valence-corrected chi connectivity index (χ2v) is 4.63. The predicted molar refractivity (Wildman–Crippen MR) is 83.5 cm³/mol. The minimum Gasteiger partial charge on any atom is -0.394 e. The molecule has 2 aromatic rings. The van der Waals surface area contributed by atoms with E-state index in [1.54, 1.807) is 0 Å². The van der Waals surface area contributed by atoms with Crippen LogP contribution in [0.15, 0.2) is 42.5 Å². The fourth-order valence-electron chi connectivity index (χ4n) is 1.99. The average molecular weight is 288 g/mol. The molecule has 3 N–H and O–H groups in total. The fourth-order valence-corrected chi connectivity index (χ4v) is 1.99. The topological polar surface area (TPSA) is 70.6 Å². The summed E-state index contributed by atoms with van der Waals surface area (Å²) >= 11 is 0. The van der Waals surface area contributed by atoms with Crippen LogP contribution in [0.3, 0.4) is 0 Å². The molecule has 0 bridgehead atoms. The largest absolute Gasteiger partial charge is 0.394 e. The van der Waals surface area contributed by atoms with Crippen molar-refractivity contribution < 1.29 is 14.6 Å². The second-order valence-electron chi connectivity index (χ2n) is 4.63. The Hall–Kier alpha value is -2.11. The van der Waals surface area contributed by atoms with Crippen LogP contribution in [-0.2, 0) is 4.74 Å². The van der Waals surface area contributed by atoms with E-state index in [2.05, 4.69) is 10.6 Å². The molecule has 5 nitrogen and oxygen atoms in total. The smallest absolute Gasteiger partial charge is 0.319 e. The number of aliphatic hydroxyl groups excluding tert-OH is 1. The monoisotopic (exact) mass is 288 g/mol. The number of carbonyl (C=O) groups excluding carboxylic acids is 1. The maximum atomic E-state index is 11.7. The third-order valence-corrected chi connectivity index (χ3v) is 2.99. The van der Waals surface area contributed by atoms with Crippen molar-refractivity contribution in [2.45, 2.75) is 6.42 Å². The Kier molecular flexibility index (Phi) is 5.99. The van der Waals surface area contributed by atoms with Gasteiger partial charge in [-0.3, -0.25) is 0 Å². The van der Waals surface area contributed by atoms with Crippen LogP contribution in [0.5, 0.6) is 0 Å². The first-order valence-corrected chi connectivity index (χ1v) is 7.02. The molecule has 112 valence electrons. The standard InChI is InChI=1S/C16H20N2O3/c19-9-11-21-10-3-8-17-16(20)18-15-7-6-13-4-1-2-5-14(13)12-15/h1-2,4-7,12,19H,3,8-11H2,(H2,17,18,20). The van der Waals surface area contributed by atoms with Crippen LogP contribution in [0, 0.1) is 0 Å². The summed E-state index contributed by atoms with van der Waals surface area (Å²) < 4.78 is 5.11. The summed E-state index contributed by atoms with van der Waals surface area (Å²) in [5.41, 5.74) is 0.766. The highest BCUT2D eigenvalue weighted by Gasteiger charge is 2.01. The lowest BCUT2D eigenvalue weighted by Crippen LogP contribution is -2.30. The summed E-state index contributed by atoms with van der Waals surface area (Å²) in [6.07, 6.45) is 0.713. The molecule has 0 heterocycles. The normalized spacial score (nSPS) is 10.5. The van der Waals surface area contributed by atoms with E-state index in [4.69, 9.17) is 9.84 Å². The molecule has 0 aromatic heterocycles. The van der Waals surface area contributed by atoms with Crippen molar-refractivity contribution in [1.82, 2.24) is 5.32 Å². The van der Waals surface area contributed by atoms with Gasteiger partial charge in [0.1, 0.15) is 0 Å². The van der Waals surface area contributed by atoms with Gasteiger partial charge in [-0.15, -0.1) is 0 Å². The Labute approximate surface area is 123 Å². The van der Waals surface area contributed by atoms with Gasteiger partial charge in [-0.25, -0.2) is 4.79 Å². The van der Waals surface area contributed by atoms with Gasteiger partial charge in [0.05, 0.1) is 13.2 Å². The first-order chi connectivity index (χ1) is 10.3. The number of carbonyl (C=O) groups is 1. The zero-order valence-corrected chi connectivity index (χ0v) is 11.8. The molecule has 21 heavy (non-hydrogen) atoms. The van der Waals surface area contributed by atoms with Crippen LogP contribution in [0.25, 0.3) is 10.8 Å². The lowest BCUT2D eigenvalue weighted by molar-refractivity contribution is 0.0910.